The number of nitriles is 1. The van der Waals surface area contributed by atoms with Crippen molar-refractivity contribution in [1.82, 2.24) is 0 Å². The van der Waals surface area contributed by atoms with Gasteiger partial charge in [-0.05, 0) is 18.9 Å². The number of carbonyl (C=O) groups is 1. The Morgan fingerprint density at radius 2 is 2.05 bits per heavy atom. The smallest absolute Gasteiger partial charge is 0.314 e. The number of phenols is 1. The molecular formula is C14H15NO4. The highest BCUT2D eigenvalue weighted by Crippen LogP contribution is 2.46. The largest absolute Gasteiger partial charge is 0.506 e. The maximum absolute atomic E-state index is 11.7. The standard InChI is InChI=1S/C14H15NO4/c1-19-12-7-11(16)9(8-15)6-10(12)14(13(17)18)4-2-3-5-14/h6-7,16H,2-5H2,1H3,(H,17,18). The molecule has 2 N–H and O–H groups in total. The van der Waals surface area contributed by atoms with E-state index in [2.05, 4.69) is 0 Å². The summed E-state index contributed by atoms with van der Waals surface area (Å²) in [4.78, 5) is 11.7. The molecule has 5 nitrogen and oxygen atoms in total. The van der Waals surface area contributed by atoms with E-state index in [0.717, 1.165) is 12.8 Å². The first kappa shape index (κ1) is 13.2. The van der Waals surface area contributed by atoms with Gasteiger partial charge in [0, 0.05) is 11.6 Å². The quantitative estimate of drug-likeness (QED) is 0.870. The van der Waals surface area contributed by atoms with Crippen LogP contribution in [-0.4, -0.2) is 23.3 Å². The summed E-state index contributed by atoms with van der Waals surface area (Å²) in [5.74, 6) is -0.777. The molecule has 0 bridgehead atoms. The van der Waals surface area contributed by atoms with Crippen LogP contribution in [0.15, 0.2) is 12.1 Å². The molecule has 0 amide bonds. The second kappa shape index (κ2) is 4.81. The molecule has 0 atom stereocenters. The summed E-state index contributed by atoms with van der Waals surface area (Å²) in [6.07, 6.45) is 2.71. The van der Waals surface area contributed by atoms with Gasteiger partial charge in [0.15, 0.2) is 0 Å². The Morgan fingerprint density at radius 3 is 2.53 bits per heavy atom. The predicted octanol–water partition coefficient (Wildman–Crippen LogP) is 2.17. The number of methoxy groups -OCH3 is 1. The molecule has 1 saturated carbocycles. The Hall–Kier alpha value is -2.22. The zero-order valence-electron chi connectivity index (χ0n) is 10.6. The zero-order chi connectivity index (χ0) is 14.0. The van der Waals surface area contributed by atoms with Gasteiger partial charge in [-0.15, -0.1) is 0 Å². The lowest BCUT2D eigenvalue weighted by Crippen LogP contribution is -2.33. The fourth-order valence-corrected chi connectivity index (χ4v) is 2.78. The first-order chi connectivity index (χ1) is 9.05. The normalized spacial score (nSPS) is 16.8. The second-order valence-corrected chi connectivity index (χ2v) is 4.78. The van der Waals surface area contributed by atoms with Gasteiger partial charge in [-0.2, -0.15) is 5.26 Å². The number of aromatic hydroxyl groups is 1. The number of nitrogens with zero attached hydrogens (tertiary/aromatic N) is 1. The van der Waals surface area contributed by atoms with Crippen LogP contribution in [0.25, 0.3) is 0 Å². The molecule has 0 aliphatic heterocycles. The van der Waals surface area contributed by atoms with Gasteiger partial charge in [-0.25, -0.2) is 0 Å². The van der Waals surface area contributed by atoms with Gasteiger partial charge in [-0.1, -0.05) is 12.8 Å². The van der Waals surface area contributed by atoms with Crippen LogP contribution in [0, 0.1) is 11.3 Å². The molecule has 1 aromatic rings. The van der Waals surface area contributed by atoms with Gasteiger partial charge in [0.1, 0.15) is 17.6 Å². The van der Waals surface area contributed by atoms with Crippen molar-refractivity contribution in [2.75, 3.05) is 7.11 Å². The molecule has 5 heteroatoms. The number of rotatable bonds is 3. The highest BCUT2D eigenvalue weighted by Gasteiger charge is 2.45. The van der Waals surface area contributed by atoms with Crippen LogP contribution >= 0.6 is 0 Å². The van der Waals surface area contributed by atoms with Crippen LogP contribution in [0.5, 0.6) is 11.5 Å². The predicted molar refractivity (Wildman–Crippen MR) is 67.2 cm³/mol. The summed E-state index contributed by atoms with van der Waals surface area (Å²) >= 11 is 0. The number of hydrogen-bond acceptors (Lipinski definition) is 4. The maximum atomic E-state index is 11.7. The summed E-state index contributed by atoms with van der Waals surface area (Å²) in [7, 11) is 1.43. The molecule has 0 aromatic heterocycles. The van der Waals surface area contributed by atoms with Gasteiger partial charge < -0.3 is 14.9 Å². The third-order valence-corrected chi connectivity index (χ3v) is 3.82. The van der Waals surface area contributed by atoms with Crippen molar-refractivity contribution in [3.05, 3.63) is 23.3 Å². The van der Waals surface area contributed by atoms with Crippen LogP contribution in [0.2, 0.25) is 0 Å². The van der Waals surface area contributed by atoms with Gasteiger partial charge >= 0.3 is 5.97 Å². The second-order valence-electron chi connectivity index (χ2n) is 4.78. The SMILES string of the molecule is COc1cc(O)c(C#N)cc1C1(C(=O)O)CCCC1. The number of aliphatic carboxylic acids is 1. The van der Waals surface area contributed by atoms with E-state index >= 15 is 0 Å². The number of hydrogen-bond donors (Lipinski definition) is 2. The van der Waals surface area contributed by atoms with E-state index in [1.807, 2.05) is 6.07 Å². The van der Waals surface area contributed by atoms with Crippen molar-refractivity contribution < 1.29 is 19.7 Å². The molecule has 1 fully saturated rings. The number of phenolic OH excluding ortho intramolecular Hbond substituents is 1. The van der Waals surface area contributed by atoms with Crippen molar-refractivity contribution in [2.45, 2.75) is 31.1 Å². The highest BCUT2D eigenvalue weighted by molar-refractivity contribution is 5.83. The summed E-state index contributed by atoms with van der Waals surface area (Å²) in [6.45, 7) is 0. The molecule has 2 rings (SSSR count). The highest BCUT2D eigenvalue weighted by atomic mass is 16.5. The fraction of sp³-hybridized carbons (Fsp3) is 0.429. The van der Waals surface area contributed by atoms with Crippen LogP contribution < -0.4 is 4.74 Å². The van der Waals surface area contributed by atoms with E-state index in [-0.39, 0.29) is 11.3 Å². The first-order valence-corrected chi connectivity index (χ1v) is 6.10. The van der Waals surface area contributed by atoms with Crippen molar-refractivity contribution in [3.8, 4) is 17.6 Å². The molecule has 100 valence electrons. The summed E-state index contributed by atoms with van der Waals surface area (Å²) in [5.41, 5.74) is -0.456. The number of carboxylic acid groups (broad SMARTS) is 1. The lowest BCUT2D eigenvalue weighted by Gasteiger charge is -2.26. The minimum Gasteiger partial charge on any atom is -0.506 e. The molecule has 0 heterocycles. The topological polar surface area (TPSA) is 90.5 Å². The van der Waals surface area contributed by atoms with Crippen molar-refractivity contribution >= 4 is 5.97 Å². The molecule has 1 aliphatic carbocycles. The first-order valence-electron chi connectivity index (χ1n) is 6.10. The van der Waals surface area contributed by atoms with Crippen LogP contribution in [0.1, 0.15) is 36.8 Å². The minimum absolute atomic E-state index is 0.0725. The monoisotopic (exact) mass is 261 g/mol. The molecule has 0 saturated heterocycles. The van der Waals surface area contributed by atoms with E-state index in [0.29, 0.717) is 24.2 Å². The Morgan fingerprint density at radius 1 is 1.42 bits per heavy atom. The van der Waals surface area contributed by atoms with Crippen LogP contribution in [0.3, 0.4) is 0 Å². The van der Waals surface area contributed by atoms with E-state index in [9.17, 15) is 15.0 Å². The van der Waals surface area contributed by atoms with Crippen LogP contribution in [0.4, 0.5) is 0 Å². The molecule has 0 unspecified atom stereocenters. The van der Waals surface area contributed by atoms with Crippen molar-refractivity contribution in [1.29, 1.82) is 5.26 Å². The van der Waals surface area contributed by atoms with Gasteiger partial charge in [0.25, 0.3) is 0 Å². The average molecular weight is 261 g/mol. The van der Waals surface area contributed by atoms with E-state index in [4.69, 9.17) is 10.00 Å². The Bertz CT molecular complexity index is 553. The molecular weight excluding hydrogens is 246 g/mol. The lowest BCUT2D eigenvalue weighted by molar-refractivity contribution is -0.143. The third-order valence-electron chi connectivity index (χ3n) is 3.82. The fourth-order valence-electron chi connectivity index (χ4n) is 2.78. The Balaban J connectivity index is 2.66. The maximum Gasteiger partial charge on any atom is 0.314 e. The number of carboxylic acids is 1. The van der Waals surface area contributed by atoms with E-state index < -0.39 is 11.4 Å². The molecule has 19 heavy (non-hydrogen) atoms. The van der Waals surface area contributed by atoms with Gasteiger partial charge in [0.2, 0.25) is 0 Å². The van der Waals surface area contributed by atoms with E-state index in [1.165, 1.54) is 19.2 Å². The number of ether oxygens (including phenoxy) is 1. The summed E-state index contributed by atoms with van der Waals surface area (Å²) in [6, 6.07) is 4.62. The molecule has 0 radical (unpaired) electrons. The van der Waals surface area contributed by atoms with Crippen molar-refractivity contribution in [3.63, 3.8) is 0 Å². The Kier molecular flexibility index (Phi) is 3.34. The van der Waals surface area contributed by atoms with E-state index in [1.54, 1.807) is 0 Å². The number of benzene rings is 1. The van der Waals surface area contributed by atoms with Crippen LogP contribution in [-0.2, 0) is 10.2 Å². The molecule has 1 aromatic carbocycles. The van der Waals surface area contributed by atoms with Gasteiger partial charge in [-0.3, -0.25) is 4.79 Å². The molecule has 0 spiro atoms. The molecule has 1 aliphatic rings. The minimum atomic E-state index is -1.01. The summed E-state index contributed by atoms with van der Waals surface area (Å²) in [5, 5.41) is 28.2. The average Bonchev–Trinajstić information content (AvgIpc) is 2.88. The van der Waals surface area contributed by atoms with Gasteiger partial charge in [0.05, 0.1) is 18.1 Å². The third kappa shape index (κ3) is 1.99. The lowest BCUT2D eigenvalue weighted by atomic mass is 9.78. The summed E-state index contributed by atoms with van der Waals surface area (Å²) < 4.78 is 5.18. The Labute approximate surface area is 111 Å². The zero-order valence-corrected chi connectivity index (χ0v) is 10.6. The van der Waals surface area contributed by atoms with Crippen molar-refractivity contribution in [2.24, 2.45) is 0 Å².